The van der Waals surface area contributed by atoms with Crippen molar-refractivity contribution in [3.05, 3.63) is 252 Å². The van der Waals surface area contributed by atoms with Crippen molar-refractivity contribution < 1.29 is 0 Å². The van der Waals surface area contributed by atoms with E-state index in [1.807, 2.05) is 0 Å². The van der Waals surface area contributed by atoms with Gasteiger partial charge in [0.2, 0.25) is 0 Å². The zero-order valence-electron chi connectivity index (χ0n) is 37.8. The lowest BCUT2D eigenvalue weighted by Crippen LogP contribution is -2.17. The topological polar surface area (TPSA) is 6.48 Å². The van der Waals surface area contributed by atoms with Gasteiger partial charge in [-0.15, -0.1) is 0 Å². The van der Waals surface area contributed by atoms with Gasteiger partial charge in [-0.25, -0.2) is 0 Å². The van der Waals surface area contributed by atoms with Gasteiger partial charge in [0, 0.05) is 44.4 Å². The van der Waals surface area contributed by atoms with Crippen LogP contribution in [0, 0.1) is 0 Å². The largest absolute Gasteiger partial charge is 0.310 e. The van der Waals surface area contributed by atoms with Crippen LogP contribution in [-0.2, 0) is 10.8 Å². The number of hydrogen-bond donors (Lipinski definition) is 0. The fraction of sp³-hybridized carbons (Fsp3) is 0.0938. The minimum Gasteiger partial charge on any atom is -0.310 e. The number of para-hydroxylation sites is 2. The van der Waals surface area contributed by atoms with E-state index >= 15 is 0 Å². The highest BCUT2D eigenvalue weighted by molar-refractivity contribution is 6.01. The zero-order valence-corrected chi connectivity index (χ0v) is 37.8. The van der Waals surface area contributed by atoms with Crippen LogP contribution in [0.3, 0.4) is 0 Å². The molecule has 2 aliphatic carbocycles. The molecule has 0 amide bonds. The molecule has 66 heavy (non-hydrogen) atoms. The van der Waals surface area contributed by atoms with E-state index in [0.717, 1.165) is 22.7 Å². The van der Waals surface area contributed by atoms with Gasteiger partial charge >= 0.3 is 0 Å². The van der Waals surface area contributed by atoms with Gasteiger partial charge in [0.05, 0.1) is 11.4 Å². The summed E-state index contributed by atoms with van der Waals surface area (Å²) in [6.45, 7) is 9.53. The number of fused-ring (bicyclic) bond motifs is 8. The molecule has 0 aliphatic heterocycles. The molecule has 0 unspecified atom stereocenters. The van der Waals surface area contributed by atoms with Gasteiger partial charge in [-0.05, 0) is 127 Å². The first-order valence-electron chi connectivity index (χ1n) is 23.2. The average molecular weight is 847 g/mol. The van der Waals surface area contributed by atoms with Gasteiger partial charge < -0.3 is 9.80 Å². The van der Waals surface area contributed by atoms with Gasteiger partial charge in [-0.3, -0.25) is 0 Å². The Morgan fingerprint density at radius 3 is 1.08 bits per heavy atom. The van der Waals surface area contributed by atoms with Crippen LogP contribution >= 0.6 is 0 Å². The molecule has 10 aromatic carbocycles. The molecule has 2 aliphatic rings. The van der Waals surface area contributed by atoms with Crippen LogP contribution in [0.15, 0.2) is 218 Å². The van der Waals surface area contributed by atoms with Gasteiger partial charge in [0.1, 0.15) is 0 Å². The van der Waals surface area contributed by atoms with Crippen molar-refractivity contribution in [1.82, 2.24) is 0 Å². The maximum atomic E-state index is 2.43. The minimum atomic E-state index is -0.183. The molecule has 0 heterocycles. The highest BCUT2D eigenvalue weighted by atomic mass is 15.1. The maximum Gasteiger partial charge on any atom is 0.0540 e. The van der Waals surface area contributed by atoms with Crippen LogP contribution in [0.25, 0.3) is 56.0 Å². The van der Waals surface area contributed by atoms with Crippen LogP contribution in [0.2, 0.25) is 0 Å². The van der Waals surface area contributed by atoms with E-state index in [-0.39, 0.29) is 10.8 Å². The second kappa shape index (κ2) is 15.4. The zero-order chi connectivity index (χ0) is 44.6. The molecular formula is C64H50N2. The van der Waals surface area contributed by atoms with Crippen LogP contribution < -0.4 is 9.80 Å². The Labute approximate surface area is 388 Å². The van der Waals surface area contributed by atoms with Crippen molar-refractivity contribution >= 4 is 67.8 Å². The van der Waals surface area contributed by atoms with Crippen LogP contribution in [0.1, 0.15) is 61.1 Å². The molecule has 0 radical (unpaired) electrons. The first-order chi connectivity index (χ1) is 32.2. The summed E-state index contributed by atoms with van der Waals surface area (Å²) in [5.41, 5.74) is 19.7. The van der Waals surface area contributed by atoms with Gasteiger partial charge in [0.15, 0.2) is 0 Å². The van der Waals surface area contributed by atoms with E-state index < -0.39 is 0 Å². The van der Waals surface area contributed by atoms with Gasteiger partial charge in [-0.2, -0.15) is 0 Å². The number of nitrogens with zero attached hydrogens (tertiary/aromatic N) is 2. The standard InChI is InChI=1S/C64H50N2/c1-63(2)57-39-43(31-35-53(57)55-37-33-49(41-59(55)63)65(47-21-7-5-8-22-47)61-27-15-19-45-17-11-13-25-51(45)61)29-30-44-32-36-54-56-38-34-50(42-60(56)64(3,4)58(54)40-44)66(48-23-9-6-10-24-48)62-28-16-20-46-18-12-14-26-52(46)62/h5-42H,1-4H3. The Kier molecular flexibility index (Phi) is 9.22. The number of anilines is 6. The summed E-state index contributed by atoms with van der Waals surface area (Å²) in [4.78, 5) is 4.83. The van der Waals surface area contributed by atoms with E-state index in [2.05, 4.69) is 268 Å². The predicted octanol–water partition coefficient (Wildman–Crippen LogP) is 17.7. The molecule has 0 aromatic heterocycles. The lowest BCUT2D eigenvalue weighted by molar-refractivity contribution is 0.660. The van der Waals surface area contributed by atoms with Crippen molar-refractivity contribution in [2.45, 2.75) is 38.5 Å². The maximum absolute atomic E-state index is 2.43. The first-order valence-corrected chi connectivity index (χ1v) is 23.2. The minimum absolute atomic E-state index is 0.183. The quantitative estimate of drug-likeness (QED) is 0.141. The van der Waals surface area contributed by atoms with Gasteiger partial charge in [0.25, 0.3) is 0 Å². The molecule has 10 aromatic rings. The summed E-state index contributed by atoms with van der Waals surface area (Å²) in [6, 6.07) is 80.3. The van der Waals surface area contributed by atoms with E-state index in [0.29, 0.717) is 0 Å². The van der Waals surface area contributed by atoms with Crippen LogP contribution in [0.4, 0.5) is 34.1 Å². The Hall–Kier alpha value is -7.94. The van der Waals surface area contributed by atoms with Crippen molar-refractivity contribution in [2.24, 2.45) is 0 Å². The van der Waals surface area contributed by atoms with E-state index in [1.54, 1.807) is 0 Å². The first kappa shape index (κ1) is 39.6. The van der Waals surface area contributed by atoms with E-state index in [4.69, 9.17) is 0 Å². The third-order valence-corrected chi connectivity index (χ3v) is 14.4. The molecule has 2 nitrogen and oxygen atoms in total. The molecule has 0 saturated carbocycles. The van der Waals surface area contributed by atoms with Crippen molar-refractivity contribution in [1.29, 1.82) is 0 Å². The van der Waals surface area contributed by atoms with Crippen molar-refractivity contribution in [3.8, 4) is 22.3 Å². The number of hydrogen-bond acceptors (Lipinski definition) is 2. The highest BCUT2D eigenvalue weighted by Gasteiger charge is 2.38. The Bertz CT molecular complexity index is 3300. The summed E-state index contributed by atoms with van der Waals surface area (Å²) in [7, 11) is 0. The van der Waals surface area contributed by atoms with Crippen LogP contribution in [-0.4, -0.2) is 0 Å². The van der Waals surface area contributed by atoms with E-state index in [9.17, 15) is 0 Å². The average Bonchev–Trinajstić information content (AvgIpc) is 3.72. The number of benzene rings is 10. The second-order valence-corrected chi connectivity index (χ2v) is 19.0. The molecule has 2 heteroatoms. The molecule has 0 saturated heterocycles. The molecule has 316 valence electrons. The van der Waals surface area contributed by atoms with Crippen LogP contribution in [0.5, 0.6) is 0 Å². The summed E-state index contributed by atoms with van der Waals surface area (Å²) in [5.74, 6) is 0. The molecule has 0 N–H and O–H groups in total. The third-order valence-electron chi connectivity index (χ3n) is 14.4. The molecule has 12 rings (SSSR count). The fourth-order valence-corrected chi connectivity index (χ4v) is 11.0. The van der Waals surface area contributed by atoms with Crippen molar-refractivity contribution in [2.75, 3.05) is 9.80 Å². The van der Waals surface area contributed by atoms with E-state index in [1.165, 1.54) is 88.6 Å². The molecule has 0 bridgehead atoms. The highest BCUT2D eigenvalue weighted by Crippen LogP contribution is 2.53. The molecular weight excluding hydrogens is 797 g/mol. The molecule has 0 atom stereocenters. The summed E-state index contributed by atoms with van der Waals surface area (Å²) >= 11 is 0. The second-order valence-electron chi connectivity index (χ2n) is 19.0. The smallest absolute Gasteiger partial charge is 0.0540 e. The summed E-state index contributed by atoms with van der Waals surface area (Å²) in [6.07, 6.45) is 4.58. The normalized spacial score (nSPS) is 13.9. The predicted molar refractivity (Wildman–Crippen MR) is 281 cm³/mol. The van der Waals surface area contributed by atoms with Crippen molar-refractivity contribution in [3.63, 3.8) is 0 Å². The molecule has 0 fully saturated rings. The SMILES string of the molecule is CC1(C)c2cc(C=Cc3ccc4c(c3)C(C)(C)c3cc(N(c5ccccc5)c5cccc6ccccc56)ccc3-4)ccc2-c2ccc(N(c3ccccc3)c3cccc4ccccc34)cc21. The lowest BCUT2D eigenvalue weighted by atomic mass is 9.81. The monoisotopic (exact) mass is 846 g/mol. The fourth-order valence-electron chi connectivity index (χ4n) is 11.0. The Morgan fingerprint density at radius 1 is 0.303 bits per heavy atom. The molecule has 0 spiro atoms. The summed E-state index contributed by atoms with van der Waals surface area (Å²) < 4.78 is 0. The van der Waals surface area contributed by atoms with Gasteiger partial charge in [-0.1, -0.05) is 198 Å². The Balaban J connectivity index is 0.854. The number of rotatable bonds is 8. The lowest BCUT2D eigenvalue weighted by Gasteiger charge is -2.29. The summed E-state index contributed by atoms with van der Waals surface area (Å²) in [5, 5.41) is 4.93. The third kappa shape index (κ3) is 6.39. The Morgan fingerprint density at radius 2 is 0.652 bits per heavy atom.